The highest BCUT2D eigenvalue weighted by atomic mass is 32.1. The van der Waals surface area contributed by atoms with Gasteiger partial charge in [-0.1, -0.05) is 18.2 Å². The Morgan fingerprint density at radius 3 is 2.88 bits per heavy atom. The number of aromatic nitrogens is 2. The van der Waals surface area contributed by atoms with E-state index >= 15 is 0 Å². The standard InChI is InChI=1S/C20H20N4OS/c1-23(11-9-19-21-10-13-26-19)18-7-6-16(14-22-18)20(25)24-12-8-15-4-2-3-5-17(15)24/h2-7,10,13-14H,8-9,11-12H2,1H3. The summed E-state index contributed by atoms with van der Waals surface area (Å²) in [6, 6.07) is 11.9. The van der Waals surface area contributed by atoms with Crippen molar-refractivity contribution in [3.05, 3.63) is 70.3 Å². The number of pyridine rings is 1. The second-order valence-corrected chi connectivity index (χ2v) is 7.32. The van der Waals surface area contributed by atoms with Crippen LogP contribution >= 0.6 is 11.3 Å². The minimum absolute atomic E-state index is 0.0134. The summed E-state index contributed by atoms with van der Waals surface area (Å²) >= 11 is 1.67. The van der Waals surface area contributed by atoms with E-state index in [9.17, 15) is 4.79 Å². The molecule has 0 saturated carbocycles. The third-order valence-corrected chi connectivity index (χ3v) is 5.50. The number of rotatable bonds is 5. The first-order valence-electron chi connectivity index (χ1n) is 8.68. The van der Waals surface area contributed by atoms with Crippen LogP contribution in [0, 0.1) is 0 Å². The molecule has 0 aliphatic carbocycles. The zero-order valence-corrected chi connectivity index (χ0v) is 15.4. The van der Waals surface area contributed by atoms with Crippen LogP contribution in [0.2, 0.25) is 0 Å². The van der Waals surface area contributed by atoms with Gasteiger partial charge in [-0.15, -0.1) is 11.3 Å². The Morgan fingerprint density at radius 1 is 1.23 bits per heavy atom. The molecule has 0 atom stereocenters. The Morgan fingerprint density at radius 2 is 2.12 bits per heavy atom. The van der Waals surface area contributed by atoms with Crippen molar-refractivity contribution >= 4 is 28.7 Å². The molecule has 3 aromatic rings. The lowest BCUT2D eigenvalue weighted by atomic mass is 10.2. The van der Waals surface area contributed by atoms with E-state index in [2.05, 4.69) is 20.9 Å². The molecule has 0 saturated heterocycles. The maximum absolute atomic E-state index is 12.8. The number of nitrogens with zero attached hydrogens (tertiary/aromatic N) is 4. The number of benzene rings is 1. The third-order valence-electron chi connectivity index (χ3n) is 4.66. The van der Waals surface area contributed by atoms with Gasteiger partial charge in [0.05, 0.1) is 10.6 Å². The largest absolute Gasteiger partial charge is 0.359 e. The van der Waals surface area contributed by atoms with E-state index < -0.39 is 0 Å². The van der Waals surface area contributed by atoms with E-state index in [1.54, 1.807) is 17.5 Å². The van der Waals surface area contributed by atoms with E-state index in [0.717, 1.165) is 42.4 Å². The molecule has 6 heteroatoms. The van der Waals surface area contributed by atoms with Gasteiger partial charge in [-0.25, -0.2) is 9.97 Å². The highest BCUT2D eigenvalue weighted by molar-refractivity contribution is 7.09. The predicted octanol–water partition coefficient (Wildman–Crippen LogP) is 3.42. The van der Waals surface area contributed by atoms with Crippen molar-refractivity contribution in [2.24, 2.45) is 0 Å². The van der Waals surface area contributed by atoms with Crippen molar-refractivity contribution in [2.75, 3.05) is 29.9 Å². The number of hydrogen-bond acceptors (Lipinski definition) is 5. The molecule has 1 aliphatic heterocycles. The fraction of sp³-hybridized carbons (Fsp3) is 0.250. The van der Waals surface area contributed by atoms with Crippen LogP contribution in [-0.2, 0) is 12.8 Å². The first-order valence-corrected chi connectivity index (χ1v) is 9.55. The van der Waals surface area contributed by atoms with Crippen molar-refractivity contribution < 1.29 is 4.79 Å². The van der Waals surface area contributed by atoms with Gasteiger partial charge < -0.3 is 9.80 Å². The van der Waals surface area contributed by atoms with E-state index in [1.807, 2.05) is 53.9 Å². The molecule has 0 unspecified atom stereocenters. The Balaban J connectivity index is 1.43. The smallest absolute Gasteiger partial charge is 0.259 e. The van der Waals surface area contributed by atoms with Crippen LogP contribution in [0.1, 0.15) is 20.9 Å². The zero-order valence-electron chi connectivity index (χ0n) is 14.6. The normalized spacial score (nSPS) is 12.9. The van der Waals surface area contributed by atoms with Crippen molar-refractivity contribution in [1.29, 1.82) is 0 Å². The van der Waals surface area contributed by atoms with E-state index in [1.165, 1.54) is 5.56 Å². The number of amides is 1. The maximum Gasteiger partial charge on any atom is 0.259 e. The molecular formula is C20H20N4OS. The SMILES string of the molecule is CN(CCc1nccs1)c1ccc(C(=O)N2CCc3ccccc32)cn1. The molecule has 2 aromatic heterocycles. The van der Waals surface area contributed by atoms with Crippen LogP contribution < -0.4 is 9.80 Å². The second-order valence-electron chi connectivity index (χ2n) is 6.34. The second kappa shape index (κ2) is 7.25. The zero-order chi connectivity index (χ0) is 17.9. The average Bonchev–Trinajstić information content (AvgIpc) is 3.35. The Hall–Kier alpha value is -2.73. The molecule has 0 bridgehead atoms. The molecule has 0 N–H and O–H groups in total. The maximum atomic E-state index is 12.8. The summed E-state index contributed by atoms with van der Waals surface area (Å²) in [4.78, 5) is 25.6. The Kier molecular flexibility index (Phi) is 4.67. The summed E-state index contributed by atoms with van der Waals surface area (Å²) in [5.41, 5.74) is 2.87. The first kappa shape index (κ1) is 16.7. The Labute approximate surface area is 156 Å². The summed E-state index contributed by atoms with van der Waals surface area (Å²) < 4.78 is 0. The molecule has 0 fully saturated rings. The lowest BCUT2D eigenvalue weighted by Crippen LogP contribution is -2.29. The number of carbonyl (C=O) groups excluding carboxylic acids is 1. The highest BCUT2D eigenvalue weighted by Gasteiger charge is 2.25. The molecule has 132 valence electrons. The monoisotopic (exact) mass is 364 g/mol. The molecule has 0 radical (unpaired) electrons. The van der Waals surface area contributed by atoms with Crippen molar-refractivity contribution in [3.8, 4) is 0 Å². The van der Waals surface area contributed by atoms with Crippen LogP contribution in [0.5, 0.6) is 0 Å². The number of carbonyl (C=O) groups is 1. The molecular weight excluding hydrogens is 344 g/mol. The number of anilines is 2. The fourth-order valence-electron chi connectivity index (χ4n) is 3.20. The van der Waals surface area contributed by atoms with Gasteiger partial charge in [-0.2, -0.15) is 0 Å². The van der Waals surface area contributed by atoms with Crippen LogP contribution in [0.15, 0.2) is 54.2 Å². The van der Waals surface area contributed by atoms with E-state index in [-0.39, 0.29) is 5.91 Å². The van der Waals surface area contributed by atoms with Gasteiger partial charge in [0, 0.05) is 50.0 Å². The van der Waals surface area contributed by atoms with Gasteiger partial charge in [-0.3, -0.25) is 4.79 Å². The summed E-state index contributed by atoms with van der Waals surface area (Å²) in [6.45, 7) is 1.57. The fourth-order valence-corrected chi connectivity index (χ4v) is 3.81. The highest BCUT2D eigenvalue weighted by Crippen LogP contribution is 2.28. The third kappa shape index (κ3) is 3.32. The Bertz CT molecular complexity index is 892. The van der Waals surface area contributed by atoms with Crippen LogP contribution in [-0.4, -0.2) is 36.0 Å². The number of hydrogen-bond donors (Lipinski definition) is 0. The molecule has 1 aliphatic rings. The van der Waals surface area contributed by atoms with Gasteiger partial charge in [0.15, 0.2) is 0 Å². The average molecular weight is 364 g/mol. The summed E-state index contributed by atoms with van der Waals surface area (Å²) in [5.74, 6) is 0.874. The molecule has 1 aromatic carbocycles. The van der Waals surface area contributed by atoms with E-state index in [4.69, 9.17) is 0 Å². The molecule has 4 rings (SSSR count). The minimum atomic E-state index is 0.0134. The summed E-state index contributed by atoms with van der Waals surface area (Å²) in [7, 11) is 2.01. The first-order chi connectivity index (χ1) is 12.7. The number of thiazole rings is 1. The van der Waals surface area contributed by atoms with Gasteiger partial charge in [0.2, 0.25) is 0 Å². The quantitative estimate of drug-likeness (QED) is 0.696. The van der Waals surface area contributed by atoms with Crippen molar-refractivity contribution in [2.45, 2.75) is 12.8 Å². The van der Waals surface area contributed by atoms with Gasteiger partial charge in [0.1, 0.15) is 5.82 Å². The van der Waals surface area contributed by atoms with E-state index in [0.29, 0.717) is 5.56 Å². The summed E-state index contributed by atoms with van der Waals surface area (Å²) in [5, 5.41) is 3.11. The lowest BCUT2D eigenvalue weighted by Gasteiger charge is -2.19. The van der Waals surface area contributed by atoms with Crippen LogP contribution in [0.25, 0.3) is 0 Å². The molecule has 26 heavy (non-hydrogen) atoms. The van der Waals surface area contributed by atoms with Crippen molar-refractivity contribution in [3.63, 3.8) is 0 Å². The van der Waals surface area contributed by atoms with Crippen LogP contribution in [0.3, 0.4) is 0 Å². The molecule has 5 nitrogen and oxygen atoms in total. The minimum Gasteiger partial charge on any atom is -0.359 e. The number of para-hydroxylation sites is 1. The molecule has 1 amide bonds. The molecule has 3 heterocycles. The lowest BCUT2D eigenvalue weighted by molar-refractivity contribution is 0.0989. The number of likely N-dealkylation sites (N-methyl/N-ethyl adjacent to an activating group) is 1. The molecule has 0 spiro atoms. The number of fused-ring (bicyclic) bond motifs is 1. The topological polar surface area (TPSA) is 49.3 Å². The summed E-state index contributed by atoms with van der Waals surface area (Å²) in [6.07, 6.45) is 5.31. The van der Waals surface area contributed by atoms with Crippen LogP contribution in [0.4, 0.5) is 11.5 Å². The van der Waals surface area contributed by atoms with Gasteiger partial charge in [0.25, 0.3) is 5.91 Å². The van der Waals surface area contributed by atoms with Gasteiger partial charge >= 0.3 is 0 Å². The van der Waals surface area contributed by atoms with Gasteiger partial charge in [-0.05, 0) is 30.2 Å². The predicted molar refractivity (Wildman–Crippen MR) is 105 cm³/mol. The van der Waals surface area contributed by atoms with Crippen molar-refractivity contribution in [1.82, 2.24) is 9.97 Å².